The smallest absolute Gasteiger partial charge is 0.234 e. The topological polar surface area (TPSA) is 51.0 Å². The third-order valence-corrected chi connectivity index (χ3v) is 6.22. The molecule has 27 heavy (non-hydrogen) atoms. The van der Waals surface area contributed by atoms with Gasteiger partial charge in [0.1, 0.15) is 0 Å². The number of rotatable bonds is 3. The number of nitrogens with zero attached hydrogens (tertiary/aromatic N) is 4. The van der Waals surface area contributed by atoms with Gasteiger partial charge in [-0.05, 0) is 36.1 Å². The van der Waals surface area contributed by atoms with E-state index in [1.165, 1.54) is 5.56 Å². The Morgan fingerprint density at radius 2 is 2.00 bits per heavy atom. The maximum Gasteiger partial charge on any atom is 0.234 e. The van der Waals surface area contributed by atoms with E-state index in [4.69, 9.17) is 0 Å². The van der Waals surface area contributed by atoms with E-state index in [9.17, 15) is 4.79 Å². The molecule has 2 heterocycles. The maximum atomic E-state index is 13.1. The molecular weight excluding hydrogens is 356 g/mol. The average Bonchev–Trinajstić information content (AvgIpc) is 3.43. The molecule has 0 N–H and O–H groups in total. The quantitative estimate of drug-likeness (QED) is 0.541. The molecule has 0 bridgehead atoms. The van der Waals surface area contributed by atoms with Gasteiger partial charge in [-0.2, -0.15) is 5.10 Å². The van der Waals surface area contributed by atoms with Crippen LogP contribution < -0.4 is 4.90 Å². The summed E-state index contributed by atoms with van der Waals surface area (Å²) in [6, 6.07) is 16.3. The SMILES string of the molecule is CN(C(=O)C1CCc2ccccc21)c1cnn(-c2nc3ccccc3s2)c1. The Morgan fingerprint density at radius 3 is 2.89 bits per heavy atom. The fourth-order valence-corrected chi connectivity index (χ4v) is 4.62. The van der Waals surface area contributed by atoms with Crippen LogP contribution in [0.15, 0.2) is 60.9 Å². The highest BCUT2D eigenvalue weighted by Crippen LogP contribution is 2.35. The standard InChI is InChI=1S/C21H18N4OS/c1-24(20(26)17-11-10-14-6-2-3-7-16(14)17)15-12-22-25(13-15)21-23-18-8-4-5-9-19(18)27-21/h2-9,12-13,17H,10-11H2,1H3. The summed E-state index contributed by atoms with van der Waals surface area (Å²) in [6.07, 6.45) is 5.43. The lowest BCUT2D eigenvalue weighted by molar-refractivity contribution is -0.119. The first-order valence-corrected chi connectivity index (χ1v) is 9.78. The Kier molecular flexibility index (Phi) is 3.79. The number of aryl methyl sites for hydroxylation is 1. The maximum absolute atomic E-state index is 13.1. The molecule has 0 radical (unpaired) electrons. The zero-order valence-corrected chi connectivity index (χ0v) is 15.7. The molecule has 1 unspecified atom stereocenters. The number of hydrogen-bond acceptors (Lipinski definition) is 4. The second-order valence-electron chi connectivity index (χ2n) is 6.79. The van der Waals surface area contributed by atoms with Gasteiger partial charge < -0.3 is 4.90 Å². The van der Waals surface area contributed by atoms with E-state index >= 15 is 0 Å². The van der Waals surface area contributed by atoms with Crippen molar-refractivity contribution < 1.29 is 4.79 Å². The van der Waals surface area contributed by atoms with Gasteiger partial charge in [-0.3, -0.25) is 4.79 Å². The minimum atomic E-state index is -0.0722. The molecule has 0 spiro atoms. The van der Waals surface area contributed by atoms with Crippen molar-refractivity contribution >= 4 is 33.1 Å². The van der Waals surface area contributed by atoms with Gasteiger partial charge in [0, 0.05) is 7.05 Å². The van der Waals surface area contributed by atoms with Gasteiger partial charge in [-0.25, -0.2) is 9.67 Å². The molecule has 1 aliphatic rings. The summed E-state index contributed by atoms with van der Waals surface area (Å²) in [5, 5.41) is 5.23. The molecular formula is C21H18N4OS. The first-order valence-electron chi connectivity index (χ1n) is 8.97. The van der Waals surface area contributed by atoms with Crippen LogP contribution in [0.4, 0.5) is 5.69 Å². The number of hydrogen-bond donors (Lipinski definition) is 0. The summed E-state index contributed by atoms with van der Waals surface area (Å²) in [7, 11) is 1.82. The molecule has 0 aliphatic heterocycles. The fraction of sp³-hybridized carbons (Fsp3) is 0.190. The van der Waals surface area contributed by atoms with Gasteiger partial charge in [0.05, 0.1) is 34.2 Å². The average molecular weight is 374 g/mol. The molecule has 1 atom stereocenters. The van der Waals surface area contributed by atoms with Gasteiger partial charge in [0.2, 0.25) is 11.0 Å². The van der Waals surface area contributed by atoms with Crippen LogP contribution in [0.2, 0.25) is 0 Å². The number of amides is 1. The summed E-state index contributed by atoms with van der Waals surface area (Å²) < 4.78 is 2.86. The second-order valence-corrected chi connectivity index (χ2v) is 7.80. The number of aromatic nitrogens is 3. The Labute approximate surface area is 160 Å². The zero-order valence-electron chi connectivity index (χ0n) is 14.9. The summed E-state index contributed by atoms with van der Waals surface area (Å²) in [4.78, 5) is 19.4. The van der Waals surface area contributed by atoms with E-state index in [0.717, 1.165) is 39.4 Å². The van der Waals surface area contributed by atoms with E-state index in [2.05, 4.69) is 22.2 Å². The number of thiazole rings is 1. The van der Waals surface area contributed by atoms with Gasteiger partial charge in [-0.15, -0.1) is 0 Å². The number of carbonyl (C=O) groups is 1. The van der Waals surface area contributed by atoms with Crippen LogP contribution in [0.25, 0.3) is 15.3 Å². The molecule has 4 aromatic rings. The number of para-hydroxylation sites is 1. The Bertz CT molecular complexity index is 1110. The van der Waals surface area contributed by atoms with E-state index in [1.54, 1.807) is 27.1 Å². The molecule has 1 amide bonds. The summed E-state index contributed by atoms with van der Waals surface area (Å²) in [5.41, 5.74) is 4.19. The Hall–Kier alpha value is -2.99. The van der Waals surface area contributed by atoms with E-state index in [1.807, 2.05) is 49.6 Å². The number of fused-ring (bicyclic) bond motifs is 2. The van der Waals surface area contributed by atoms with E-state index in [-0.39, 0.29) is 11.8 Å². The minimum absolute atomic E-state index is 0.0722. The number of likely N-dealkylation sites (N-methyl/N-ethyl adjacent to an activating group) is 1. The molecule has 1 aliphatic carbocycles. The van der Waals surface area contributed by atoms with Crippen LogP contribution in [0.3, 0.4) is 0 Å². The lowest BCUT2D eigenvalue weighted by Gasteiger charge is -2.20. The molecule has 6 heteroatoms. The van der Waals surface area contributed by atoms with E-state index in [0.29, 0.717) is 0 Å². The molecule has 5 nitrogen and oxygen atoms in total. The van der Waals surface area contributed by atoms with Gasteiger partial charge in [0.25, 0.3) is 0 Å². The highest BCUT2D eigenvalue weighted by Gasteiger charge is 2.31. The van der Waals surface area contributed by atoms with Gasteiger partial charge in [0.15, 0.2) is 0 Å². The van der Waals surface area contributed by atoms with Crippen LogP contribution in [-0.2, 0) is 11.2 Å². The predicted molar refractivity (Wildman–Crippen MR) is 108 cm³/mol. The lowest BCUT2D eigenvalue weighted by atomic mass is 10.00. The Morgan fingerprint density at radius 1 is 1.19 bits per heavy atom. The van der Waals surface area contributed by atoms with Gasteiger partial charge in [-0.1, -0.05) is 47.7 Å². The van der Waals surface area contributed by atoms with Crippen molar-refractivity contribution in [1.29, 1.82) is 0 Å². The monoisotopic (exact) mass is 374 g/mol. The van der Waals surface area contributed by atoms with Crippen molar-refractivity contribution in [3.8, 4) is 5.13 Å². The van der Waals surface area contributed by atoms with Crippen molar-refractivity contribution in [2.45, 2.75) is 18.8 Å². The van der Waals surface area contributed by atoms with Crippen molar-refractivity contribution in [3.63, 3.8) is 0 Å². The van der Waals surface area contributed by atoms with Crippen LogP contribution >= 0.6 is 11.3 Å². The zero-order chi connectivity index (χ0) is 18.4. The molecule has 134 valence electrons. The van der Waals surface area contributed by atoms with Gasteiger partial charge >= 0.3 is 0 Å². The summed E-state index contributed by atoms with van der Waals surface area (Å²) >= 11 is 1.59. The van der Waals surface area contributed by atoms with E-state index < -0.39 is 0 Å². The third kappa shape index (κ3) is 2.73. The van der Waals surface area contributed by atoms with Crippen LogP contribution in [0, 0.1) is 0 Å². The number of anilines is 1. The molecule has 2 aromatic carbocycles. The molecule has 0 saturated carbocycles. The normalized spacial score (nSPS) is 15.8. The first-order chi connectivity index (χ1) is 13.2. The highest BCUT2D eigenvalue weighted by atomic mass is 32.1. The summed E-state index contributed by atoms with van der Waals surface area (Å²) in [6.45, 7) is 0. The number of benzene rings is 2. The molecule has 2 aromatic heterocycles. The molecule has 0 fully saturated rings. The van der Waals surface area contributed by atoms with Crippen molar-refractivity contribution in [3.05, 3.63) is 72.1 Å². The number of carbonyl (C=O) groups excluding carboxylic acids is 1. The second kappa shape index (κ2) is 6.32. The first kappa shape index (κ1) is 16.2. The predicted octanol–water partition coefficient (Wildman–Crippen LogP) is 4.17. The third-order valence-electron chi connectivity index (χ3n) is 5.20. The van der Waals surface area contributed by atoms with Crippen LogP contribution in [0.5, 0.6) is 0 Å². The highest BCUT2D eigenvalue weighted by molar-refractivity contribution is 7.20. The largest absolute Gasteiger partial charge is 0.312 e. The minimum Gasteiger partial charge on any atom is -0.312 e. The van der Waals surface area contributed by atoms with Crippen molar-refractivity contribution in [2.75, 3.05) is 11.9 Å². The van der Waals surface area contributed by atoms with Crippen molar-refractivity contribution in [1.82, 2.24) is 14.8 Å². The molecule has 5 rings (SSSR count). The Balaban J connectivity index is 1.41. The fourth-order valence-electron chi connectivity index (χ4n) is 3.72. The van der Waals surface area contributed by atoms with Crippen molar-refractivity contribution in [2.24, 2.45) is 0 Å². The van der Waals surface area contributed by atoms with Crippen LogP contribution in [0.1, 0.15) is 23.5 Å². The van der Waals surface area contributed by atoms with Crippen LogP contribution in [-0.4, -0.2) is 27.7 Å². The lowest BCUT2D eigenvalue weighted by Crippen LogP contribution is -2.30. The molecule has 0 saturated heterocycles. The summed E-state index contributed by atoms with van der Waals surface area (Å²) in [5.74, 6) is 0.0424.